The van der Waals surface area contributed by atoms with Gasteiger partial charge in [-0.05, 0) is 24.0 Å². The molecule has 0 spiro atoms. The highest BCUT2D eigenvalue weighted by Gasteiger charge is 2.08. The Bertz CT molecular complexity index is 454. The zero-order valence-corrected chi connectivity index (χ0v) is 11.3. The highest BCUT2D eigenvalue weighted by Crippen LogP contribution is 2.35. The van der Waals surface area contributed by atoms with Gasteiger partial charge in [0.15, 0.2) is 4.34 Å². The summed E-state index contributed by atoms with van der Waals surface area (Å²) in [5, 5.41) is 1.99. The summed E-state index contributed by atoms with van der Waals surface area (Å²) < 4.78 is 1.06. The molecule has 0 aliphatic carbocycles. The molecule has 0 saturated heterocycles. The second-order valence-electron chi connectivity index (χ2n) is 3.04. The SMILES string of the molecule is CSc1cccc(Sc2nccs2)c1CN. The monoisotopic (exact) mass is 268 g/mol. The van der Waals surface area contributed by atoms with E-state index in [1.807, 2.05) is 11.6 Å². The Morgan fingerprint density at radius 1 is 1.38 bits per heavy atom. The molecular weight excluding hydrogens is 256 g/mol. The summed E-state index contributed by atoms with van der Waals surface area (Å²) in [7, 11) is 0. The van der Waals surface area contributed by atoms with Crippen molar-refractivity contribution < 1.29 is 0 Å². The summed E-state index contributed by atoms with van der Waals surface area (Å²) in [5.41, 5.74) is 7.03. The zero-order valence-electron chi connectivity index (χ0n) is 8.84. The Kier molecular flexibility index (Phi) is 4.29. The summed E-state index contributed by atoms with van der Waals surface area (Å²) in [6.07, 6.45) is 3.90. The van der Waals surface area contributed by atoms with Gasteiger partial charge in [-0.2, -0.15) is 0 Å². The van der Waals surface area contributed by atoms with Crippen molar-refractivity contribution in [3.63, 3.8) is 0 Å². The summed E-state index contributed by atoms with van der Waals surface area (Å²) in [5.74, 6) is 0. The Morgan fingerprint density at radius 3 is 2.81 bits per heavy atom. The number of thiazole rings is 1. The maximum atomic E-state index is 5.81. The highest BCUT2D eigenvalue weighted by atomic mass is 32.2. The van der Waals surface area contributed by atoms with Crippen LogP contribution in [0.5, 0.6) is 0 Å². The Hall–Kier alpha value is -0.490. The first kappa shape index (κ1) is 12.0. The highest BCUT2D eigenvalue weighted by molar-refractivity contribution is 8.01. The van der Waals surface area contributed by atoms with Gasteiger partial charge in [-0.25, -0.2) is 4.98 Å². The quantitative estimate of drug-likeness (QED) is 0.862. The molecule has 84 valence electrons. The molecule has 16 heavy (non-hydrogen) atoms. The Morgan fingerprint density at radius 2 is 2.19 bits per heavy atom. The van der Waals surface area contributed by atoms with Gasteiger partial charge in [-0.3, -0.25) is 0 Å². The summed E-state index contributed by atoms with van der Waals surface area (Å²) in [6.45, 7) is 0.574. The maximum absolute atomic E-state index is 5.81. The van der Waals surface area contributed by atoms with Gasteiger partial charge in [0.05, 0.1) is 0 Å². The van der Waals surface area contributed by atoms with Crippen LogP contribution in [0.25, 0.3) is 0 Å². The lowest BCUT2D eigenvalue weighted by Gasteiger charge is -2.09. The fourth-order valence-corrected chi connectivity index (χ4v) is 3.86. The van der Waals surface area contributed by atoms with Crippen molar-refractivity contribution >= 4 is 34.9 Å². The zero-order chi connectivity index (χ0) is 11.4. The van der Waals surface area contributed by atoms with Gasteiger partial charge in [0, 0.05) is 27.9 Å². The lowest BCUT2D eigenvalue weighted by Crippen LogP contribution is -2.00. The molecule has 5 heteroatoms. The van der Waals surface area contributed by atoms with Gasteiger partial charge >= 0.3 is 0 Å². The smallest absolute Gasteiger partial charge is 0.154 e. The number of nitrogens with zero attached hydrogens (tertiary/aromatic N) is 1. The first-order valence-electron chi connectivity index (χ1n) is 4.78. The molecule has 0 unspecified atom stereocenters. The molecule has 0 amide bonds. The molecule has 0 bridgehead atoms. The summed E-state index contributed by atoms with van der Waals surface area (Å²) in [6, 6.07) is 6.29. The van der Waals surface area contributed by atoms with Crippen LogP contribution in [-0.2, 0) is 6.54 Å². The molecule has 0 fully saturated rings. The van der Waals surface area contributed by atoms with Gasteiger partial charge in [0.25, 0.3) is 0 Å². The molecule has 0 saturated carbocycles. The molecule has 1 aromatic carbocycles. The lowest BCUT2D eigenvalue weighted by molar-refractivity contribution is 0.980. The van der Waals surface area contributed by atoms with Crippen LogP contribution in [0.1, 0.15) is 5.56 Å². The largest absolute Gasteiger partial charge is 0.326 e. The fourth-order valence-electron chi connectivity index (χ4n) is 1.39. The van der Waals surface area contributed by atoms with Crippen molar-refractivity contribution in [3.05, 3.63) is 35.3 Å². The van der Waals surface area contributed by atoms with E-state index in [1.54, 1.807) is 34.9 Å². The molecule has 1 heterocycles. The minimum absolute atomic E-state index is 0.574. The number of benzene rings is 1. The topological polar surface area (TPSA) is 38.9 Å². The van der Waals surface area contributed by atoms with Crippen LogP contribution in [0.3, 0.4) is 0 Å². The second-order valence-corrected chi connectivity index (χ2v) is 6.07. The Labute approximate surface area is 108 Å². The van der Waals surface area contributed by atoms with E-state index in [-0.39, 0.29) is 0 Å². The van der Waals surface area contributed by atoms with Crippen LogP contribution in [0.4, 0.5) is 0 Å². The number of hydrogen-bond donors (Lipinski definition) is 1. The molecule has 2 N–H and O–H groups in total. The second kappa shape index (κ2) is 5.72. The summed E-state index contributed by atoms with van der Waals surface area (Å²) in [4.78, 5) is 6.74. The summed E-state index contributed by atoms with van der Waals surface area (Å²) >= 11 is 5.08. The van der Waals surface area contributed by atoms with Gasteiger partial charge in [-0.15, -0.1) is 23.1 Å². The van der Waals surface area contributed by atoms with E-state index in [0.717, 1.165) is 4.34 Å². The van der Waals surface area contributed by atoms with Crippen LogP contribution in [-0.4, -0.2) is 11.2 Å². The van der Waals surface area contributed by atoms with E-state index in [0.29, 0.717) is 6.54 Å². The van der Waals surface area contributed by atoms with Gasteiger partial charge in [0.1, 0.15) is 0 Å². The lowest BCUT2D eigenvalue weighted by atomic mass is 10.2. The minimum Gasteiger partial charge on any atom is -0.326 e. The van der Waals surface area contributed by atoms with Crippen LogP contribution in [0, 0.1) is 0 Å². The number of aromatic nitrogens is 1. The molecule has 0 aliphatic heterocycles. The van der Waals surface area contributed by atoms with Crippen molar-refractivity contribution in [1.82, 2.24) is 4.98 Å². The van der Waals surface area contributed by atoms with Crippen molar-refractivity contribution in [1.29, 1.82) is 0 Å². The fraction of sp³-hybridized carbons (Fsp3) is 0.182. The van der Waals surface area contributed by atoms with E-state index < -0.39 is 0 Å². The van der Waals surface area contributed by atoms with Crippen LogP contribution >= 0.6 is 34.9 Å². The van der Waals surface area contributed by atoms with Crippen molar-refractivity contribution in [2.24, 2.45) is 5.73 Å². The normalized spacial score (nSPS) is 10.6. The van der Waals surface area contributed by atoms with Crippen molar-refractivity contribution in [2.75, 3.05) is 6.26 Å². The molecule has 2 aromatic rings. The number of nitrogens with two attached hydrogens (primary N) is 1. The number of hydrogen-bond acceptors (Lipinski definition) is 5. The first-order chi connectivity index (χ1) is 7.85. The molecule has 2 rings (SSSR count). The van der Waals surface area contributed by atoms with Gasteiger partial charge in [-0.1, -0.05) is 17.8 Å². The van der Waals surface area contributed by atoms with E-state index in [4.69, 9.17) is 5.73 Å². The Balaban J connectivity index is 2.33. The average molecular weight is 268 g/mol. The number of rotatable bonds is 4. The molecule has 0 aliphatic rings. The van der Waals surface area contributed by atoms with Crippen LogP contribution in [0.2, 0.25) is 0 Å². The minimum atomic E-state index is 0.574. The van der Waals surface area contributed by atoms with Crippen molar-refractivity contribution in [2.45, 2.75) is 20.7 Å². The van der Waals surface area contributed by atoms with Crippen molar-refractivity contribution in [3.8, 4) is 0 Å². The van der Waals surface area contributed by atoms with Crippen LogP contribution in [0.15, 0.2) is 43.9 Å². The van der Waals surface area contributed by atoms with E-state index in [9.17, 15) is 0 Å². The van der Waals surface area contributed by atoms with E-state index in [1.165, 1.54) is 15.4 Å². The molecule has 0 atom stereocenters. The molecule has 2 nitrogen and oxygen atoms in total. The molecule has 1 aromatic heterocycles. The van der Waals surface area contributed by atoms with Crippen LogP contribution < -0.4 is 5.73 Å². The first-order valence-corrected chi connectivity index (χ1v) is 7.70. The van der Waals surface area contributed by atoms with E-state index >= 15 is 0 Å². The molecule has 0 radical (unpaired) electrons. The number of thioether (sulfide) groups is 1. The van der Waals surface area contributed by atoms with Gasteiger partial charge in [0.2, 0.25) is 0 Å². The average Bonchev–Trinajstić information content (AvgIpc) is 2.81. The third kappa shape index (κ3) is 2.60. The predicted molar refractivity (Wildman–Crippen MR) is 72.4 cm³/mol. The standard InChI is InChI=1S/C11H12N2S3/c1-14-9-3-2-4-10(8(9)7-12)16-11-13-5-6-15-11/h2-6H,7,12H2,1H3. The predicted octanol–water partition coefficient (Wildman–Crippen LogP) is 3.47. The van der Waals surface area contributed by atoms with E-state index in [2.05, 4.69) is 29.4 Å². The third-order valence-corrected chi connectivity index (χ3v) is 4.93. The molecular formula is C11H12N2S3. The third-order valence-electron chi connectivity index (χ3n) is 2.12. The van der Waals surface area contributed by atoms with Gasteiger partial charge < -0.3 is 5.73 Å². The maximum Gasteiger partial charge on any atom is 0.154 e.